The van der Waals surface area contributed by atoms with Crippen molar-refractivity contribution < 1.29 is 13.2 Å². The molecule has 0 atom stereocenters. The molecular formula is C13H21NO3S. The monoisotopic (exact) mass is 271 g/mol. The molecule has 0 aliphatic carbocycles. The van der Waals surface area contributed by atoms with Crippen molar-refractivity contribution in [3.63, 3.8) is 0 Å². The third-order valence-corrected chi connectivity index (χ3v) is 3.47. The quantitative estimate of drug-likeness (QED) is 0.737. The summed E-state index contributed by atoms with van der Waals surface area (Å²) in [7, 11) is -3.30. The highest BCUT2D eigenvalue weighted by Crippen LogP contribution is 2.12. The van der Waals surface area contributed by atoms with Crippen LogP contribution in [0.4, 0.5) is 0 Å². The number of primary sulfonamides is 1. The lowest BCUT2D eigenvalue weighted by Crippen LogP contribution is -2.16. The highest BCUT2D eigenvalue weighted by Gasteiger charge is 2.01. The third kappa shape index (κ3) is 7.29. The molecule has 0 radical (unpaired) electrons. The van der Waals surface area contributed by atoms with Crippen molar-refractivity contribution >= 4 is 10.0 Å². The zero-order valence-electron chi connectivity index (χ0n) is 10.8. The number of rotatable bonds is 8. The highest BCUT2D eigenvalue weighted by atomic mass is 32.2. The molecule has 1 rings (SSSR count). The smallest absolute Gasteiger partial charge is 0.209 e. The molecular weight excluding hydrogens is 250 g/mol. The van der Waals surface area contributed by atoms with Gasteiger partial charge in [-0.3, -0.25) is 0 Å². The Morgan fingerprint density at radius 3 is 2.28 bits per heavy atom. The Bertz CT molecular complexity index is 440. The molecule has 2 N–H and O–H groups in total. The third-order valence-electron chi connectivity index (χ3n) is 2.61. The Labute approximate surface area is 109 Å². The van der Waals surface area contributed by atoms with E-state index in [1.807, 2.05) is 31.2 Å². The van der Waals surface area contributed by atoms with E-state index >= 15 is 0 Å². The van der Waals surface area contributed by atoms with Crippen LogP contribution in [0.5, 0.6) is 5.75 Å². The number of nitrogens with two attached hydrogens (primary N) is 1. The maximum atomic E-state index is 10.7. The first-order valence-electron chi connectivity index (χ1n) is 6.17. The Morgan fingerprint density at radius 2 is 1.67 bits per heavy atom. The number of hydrogen-bond acceptors (Lipinski definition) is 3. The second kappa shape index (κ2) is 7.38. The van der Waals surface area contributed by atoms with Crippen LogP contribution in [-0.2, 0) is 10.0 Å². The second-order valence-electron chi connectivity index (χ2n) is 4.44. The van der Waals surface area contributed by atoms with Crippen molar-refractivity contribution in [2.45, 2.75) is 32.6 Å². The average Bonchev–Trinajstić information content (AvgIpc) is 2.29. The van der Waals surface area contributed by atoms with Crippen molar-refractivity contribution in [2.24, 2.45) is 5.14 Å². The Balaban J connectivity index is 2.04. The summed E-state index contributed by atoms with van der Waals surface area (Å²) in [6.07, 6.45) is 3.39. The van der Waals surface area contributed by atoms with Crippen LogP contribution in [0.25, 0.3) is 0 Å². The molecule has 102 valence electrons. The SMILES string of the molecule is Cc1ccc(OCCCCCCS(N)(=O)=O)cc1. The molecule has 0 amide bonds. The molecule has 0 saturated carbocycles. The maximum Gasteiger partial charge on any atom is 0.209 e. The number of hydrogen-bond donors (Lipinski definition) is 1. The Kier molecular flexibility index (Phi) is 6.15. The molecule has 0 aromatic heterocycles. The molecule has 18 heavy (non-hydrogen) atoms. The van der Waals surface area contributed by atoms with E-state index in [0.717, 1.165) is 25.0 Å². The van der Waals surface area contributed by atoms with E-state index < -0.39 is 10.0 Å². The minimum atomic E-state index is -3.30. The van der Waals surface area contributed by atoms with E-state index in [1.54, 1.807) is 0 Å². The lowest BCUT2D eigenvalue weighted by Gasteiger charge is -2.06. The zero-order chi connectivity index (χ0) is 13.4. The van der Waals surface area contributed by atoms with Crippen LogP contribution in [0.2, 0.25) is 0 Å². The molecule has 0 unspecified atom stereocenters. The molecule has 0 bridgehead atoms. The molecule has 0 spiro atoms. The van der Waals surface area contributed by atoms with E-state index in [1.165, 1.54) is 5.56 Å². The molecule has 0 heterocycles. The fraction of sp³-hybridized carbons (Fsp3) is 0.538. The first-order valence-corrected chi connectivity index (χ1v) is 7.89. The van der Waals surface area contributed by atoms with E-state index in [4.69, 9.17) is 9.88 Å². The number of benzene rings is 1. The largest absolute Gasteiger partial charge is 0.494 e. The van der Waals surface area contributed by atoms with Crippen LogP contribution in [0.15, 0.2) is 24.3 Å². The van der Waals surface area contributed by atoms with Crippen LogP contribution >= 0.6 is 0 Å². The number of ether oxygens (including phenoxy) is 1. The van der Waals surface area contributed by atoms with Gasteiger partial charge in [-0.1, -0.05) is 30.5 Å². The summed E-state index contributed by atoms with van der Waals surface area (Å²) in [6, 6.07) is 7.94. The molecule has 1 aromatic rings. The molecule has 4 nitrogen and oxygen atoms in total. The molecule has 0 aliphatic rings. The van der Waals surface area contributed by atoms with Crippen molar-refractivity contribution in [1.29, 1.82) is 0 Å². The van der Waals surface area contributed by atoms with Crippen molar-refractivity contribution in [3.05, 3.63) is 29.8 Å². The minimum absolute atomic E-state index is 0.0752. The van der Waals surface area contributed by atoms with E-state index in [9.17, 15) is 8.42 Å². The van der Waals surface area contributed by atoms with Crippen molar-refractivity contribution in [3.8, 4) is 5.75 Å². The van der Waals surface area contributed by atoms with Crippen LogP contribution in [-0.4, -0.2) is 20.8 Å². The van der Waals surface area contributed by atoms with E-state index in [-0.39, 0.29) is 5.75 Å². The van der Waals surface area contributed by atoms with Gasteiger partial charge in [-0.15, -0.1) is 0 Å². The van der Waals surface area contributed by atoms with Gasteiger partial charge in [0.15, 0.2) is 0 Å². The summed E-state index contributed by atoms with van der Waals surface area (Å²) in [5.74, 6) is 0.955. The molecule has 5 heteroatoms. The van der Waals surface area contributed by atoms with Crippen LogP contribution in [0.3, 0.4) is 0 Å². The summed E-state index contributed by atoms with van der Waals surface area (Å²) in [4.78, 5) is 0. The Hall–Kier alpha value is -1.07. The van der Waals surface area contributed by atoms with Gasteiger partial charge in [-0.25, -0.2) is 13.6 Å². The first-order chi connectivity index (χ1) is 8.47. The number of unbranched alkanes of at least 4 members (excludes halogenated alkanes) is 3. The normalized spacial score (nSPS) is 11.4. The van der Waals surface area contributed by atoms with Gasteiger partial charge in [0.05, 0.1) is 12.4 Å². The lowest BCUT2D eigenvalue weighted by atomic mass is 10.2. The fourth-order valence-corrected chi connectivity index (χ4v) is 2.19. The van der Waals surface area contributed by atoms with Gasteiger partial charge in [-0.05, 0) is 31.9 Å². The summed E-state index contributed by atoms with van der Waals surface area (Å²) in [6.45, 7) is 2.70. The highest BCUT2D eigenvalue weighted by molar-refractivity contribution is 7.89. The summed E-state index contributed by atoms with van der Waals surface area (Å²) >= 11 is 0. The average molecular weight is 271 g/mol. The number of aryl methyl sites for hydroxylation is 1. The van der Waals surface area contributed by atoms with Crippen LogP contribution in [0, 0.1) is 6.92 Å². The standard InChI is InChI=1S/C13H21NO3S/c1-12-6-8-13(9-7-12)17-10-4-2-3-5-11-18(14,15)16/h6-9H,2-5,10-11H2,1H3,(H2,14,15,16). The van der Waals surface area contributed by atoms with Gasteiger partial charge in [0.25, 0.3) is 0 Å². The van der Waals surface area contributed by atoms with Crippen LogP contribution in [0.1, 0.15) is 31.2 Å². The number of sulfonamides is 1. The van der Waals surface area contributed by atoms with E-state index in [2.05, 4.69) is 0 Å². The van der Waals surface area contributed by atoms with Gasteiger partial charge in [0.2, 0.25) is 10.0 Å². The molecule has 0 aliphatic heterocycles. The van der Waals surface area contributed by atoms with E-state index in [0.29, 0.717) is 13.0 Å². The summed E-state index contributed by atoms with van der Waals surface area (Å²) in [5, 5.41) is 4.91. The zero-order valence-corrected chi connectivity index (χ0v) is 11.6. The lowest BCUT2D eigenvalue weighted by molar-refractivity contribution is 0.305. The van der Waals surface area contributed by atoms with Gasteiger partial charge in [0, 0.05) is 0 Å². The van der Waals surface area contributed by atoms with Gasteiger partial charge < -0.3 is 4.74 Å². The first kappa shape index (κ1) is 15.0. The topological polar surface area (TPSA) is 69.4 Å². The Morgan fingerprint density at radius 1 is 1.06 bits per heavy atom. The molecule has 0 saturated heterocycles. The van der Waals surface area contributed by atoms with Gasteiger partial charge >= 0.3 is 0 Å². The molecule has 1 aromatic carbocycles. The summed E-state index contributed by atoms with van der Waals surface area (Å²) < 4.78 is 26.9. The minimum Gasteiger partial charge on any atom is -0.494 e. The van der Waals surface area contributed by atoms with Gasteiger partial charge in [-0.2, -0.15) is 0 Å². The van der Waals surface area contributed by atoms with Crippen molar-refractivity contribution in [2.75, 3.05) is 12.4 Å². The molecule has 0 fully saturated rings. The second-order valence-corrected chi connectivity index (χ2v) is 6.18. The predicted molar refractivity (Wildman–Crippen MR) is 73.1 cm³/mol. The maximum absolute atomic E-state index is 10.7. The summed E-state index contributed by atoms with van der Waals surface area (Å²) in [5.41, 5.74) is 1.21. The predicted octanol–water partition coefficient (Wildman–Crippen LogP) is 2.22. The van der Waals surface area contributed by atoms with Crippen LogP contribution < -0.4 is 9.88 Å². The fourth-order valence-electron chi connectivity index (χ4n) is 1.58. The van der Waals surface area contributed by atoms with Gasteiger partial charge in [0.1, 0.15) is 5.75 Å². The van der Waals surface area contributed by atoms with Crippen molar-refractivity contribution in [1.82, 2.24) is 0 Å².